The van der Waals surface area contributed by atoms with Crippen LogP contribution < -0.4 is 5.56 Å². The second-order valence-electron chi connectivity index (χ2n) is 3.38. The van der Waals surface area contributed by atoms with Crippen molar-refractivity contribution in [3.8, 4) is 11.5 Å². The van der Waals surface area contributed by atoms with E-state index in [0.717, 1.165) is 12.2 Å². The van der Waals surface area contributed by atoms with Crippen molar-refractivity contribution in [2.75, 3.05) is 0 Å². The summed E-state index contributed by atoms with van der Waals surface area (Å²) in [5, 5.41) is 0. The average molecular weight is 283 g/mol. The molecule has 0 aromatic carbocycles. The first-order chi connectivity index (χ1) is 7.63. The Kier molecular flexibility index (Phi) is 2.91. The van der Waals surface area contributed by atoms with Crippen LogP contribution in [-0.4, -0.2) is 19.5 Å². The normalized spacial score (nSPS) is 10.7. The second kappa shape index (κ2) is 4.21. The van der Waals surface area contributed by atoms with Gasteiger partial charge in [0.2, 0.25) is 0 Å². The van der Waals surface area contributed by atoms with Crippen molar-refractivity contribution in [2.45, 2.75) is 20.4 Å². The molecule has 0 spiro atoms. The molecular formula is C10H11BrN4O. The maximum Gasteiger partial charge on any atom is 0.265 e. The SMILES string of the molecule is CCn1cncc1-c1nc(C)c(Br)c(=O)[nH]1. The Morgan fingerprint density at radius 2 is 2.31 bits per heavy atom. The van der Waals surface area contributed by atoms with Gasteiger partial charge < -0.3 is 9.55 Å². The van der Waals surface area contributed by atoms with Crippen LogP contribution in [0.15, 0.2) is 21.8 Å². The maximum absolute atomic E-state index is 11.6. The van der Waals surface area contributed by atoms with E-state index in [1.807, 2.05) is 11.5 Å². The Balaban J connectivity index is 2.61. The molecule has 0 bridgehead atoms. The van der Waals surface area contributed by atoms with Crippen LogP contribution in [0.3, 0.4) is 0 Å². The van der Waals surface area contributed by atoms with Crippen LogP contribution in [0, 0.1) is 6.92 Å². The summed E-state index contributed by atoms with van der Waals surface area (Å²) in [6.45, 7) is 4.58. The van der Waals surface area contributed by atoms with Gasteiger partial charge in [-0.2, -0.15) is 0 Å². The quantitative estimate of drug-likeness (QED) is 0.912. The molecule has 0 unspecified atom stereocenters. The van der Waals surface area contributed by atoms with Gasteiger partial charge in [0.25, 0.3) is 5.56 Å². The van der Waals surface area contributed by atoms with Crippen LogP contribution in [0.25, 0.3) is 11.5 Å². The van der Waals surface area contributed by atoms with Gasteiger partial charge in [0.15, 0.2) is 5.82 Å². The highest BCUT2D eigenvalue weighted by atomic mass is 79.9. The number of aromatic nitrogens is 4. The smallest absolute Gasteiger partial charge is 0.265 e. The molecule has 0 amide bonds. The zero-order valence-electron chi connectivity index (χ0n) is 8.99. The van der Waals surface area contributed by atoms with Crippen LogP contribution in [0.5, 0.6) is 0 Å². The molecule has 2 aromatic rings. The minimum atomic E-state index is -0.175. The van der Waals surface area contributed by atoms with Crippen molar-refractivity contribution in [1.82, 2.24) is 19.5 Å². The number of aryl methyl sites for hydroxylation is 2. The number of aromatic amines is 1. The van der Waals surface area contributed by atoms with Crippen molar-refractivity contribution in [2.24, 2.45) is 0 Å². The van der Waals surface area contributed by atoms with E-state index in [1.165, 1.54) is 0 Å². The topological polar surface area (TPSA) is 63.6 Å². The van der Waals surface area contributed by atoms with Gasteiger partial charge in [0.1, 0.15) is 10.2 Å². The fourth-order valence-electron chi connectivity index (χ4n) is 1.46. The Morgan fingerprint density at radius 1 is 1.56 bits per heavy atom. The fourth-order valence-corrected chi connectivity index (χ4v) is 1.65. The van der Waals surface area contributed by atoms with Crippen LogP contribution in [-0.2, 0) is 6.54 Å². The van der Waals surface area contributed by atoms with E-state index in [4.69, 9.17) is 0 Å². The van der Waals surface area contributed by atoms with Gasteiger partial charge in [-0.15, -0.1) is 0 Å². The summed E-state index contributed by atoms with van der Waals surface area (Å²) in [4.78, 5) is 22.7. The van der Waals surface area contributed by atoms with Crippen LogP contribution >= 0.6 is 15.9 Å². The number of imidazole rings is 1. The summed E-state index contributed by atoms with van der Waals surface area (Å²) in [5.41, 5.74) is 1.31. The number of H-pyrrole nitrogens is 1. The fraction of sp³-hybridized carbons (Fsp3) is 0.300. The van der Waals surface area contributed by atoms with Gasteiger partial charge >= 0.3 is 0 Å². The summed E-state index contributed by atoms with van der Waals surface area (Å²) in [6.07, 6.45) is 3.40. The summed E-state index contributed by atoms with van der Waals surface area (Å²) in [5.74, 6) is 0.546. The van der Waals surface area contributed by atoms with Crippen molar-refractivity contribution >= 4 is 15.9 Å². The van der Waals surface area contributed by atoms with E-state index in [-0.39, 0.29) is 5.56 Å². The van der Waals surface area contributed by atoms with Gasteiger partial charge in [-0.1, -0.05) is 0 Å². The minimum absolute atomic E-state index is 0.175. The van der Waals surface area contributed by atoms with Gasteiger partial charge in [-0.3, -0.25) is 4.79 Å². The first-order valence-electron chi connectivity index (χ1n) is 4.90. The molecule has 6 heteroatoms. The molecule has 2 rings (SSSR count). The standard InChI is InChI=1S/C10H11BrN4O/c1-3-15-5-12-4-7(15)9-13-6(2)8(11)10(16)14-9/h4-5H,3H2,1-2H3,(H,13,14,16). The van der Waals surface area contributed by atoms with Crippen molar-refractivity contribution in [1.29, 1.82) is 0 Å². The molecular weight excluding hydrogens is 272 g/mol. The van der Waals surface area contributed by atoms with Crippen LogP contribution in [0.2, 0.25) is 0 Å². The number of halogens is 1. The number of hydrogen-bond acceptors (Lipinski definition) is 3. The molecule has 2 aromatic heterocycles. The molecule has 0 aliphatic heterocycles. The molecule has 0 radical (unpaired) electrons. The molecule has 0 saturated carbocycles. The minimum Gasteiger partial charge on any atom is -0.328 e. The third-order valence-corrected chi connectivity index (χ3v) is 3.26. The Bertz CT molecular complexity index is 572. The number of hydrogen-bond donors (Lipinski definition) is 1. The van der Waals surface area contributed by atoms with E-state index >= 15 is 0 Å². The van der Waals surface area contributed by atoms with Crippen molar-refractivity contribution < 1.29 is 0 Å². The monoisotopic (exact) mass is 282 g/mol. The van der Waals surface area contributed by atoms with Crippen molar-refractivity contribution in [3.05, 3.63) is 33.0 Å². The Hall–Kier alpha value is -1.43. The third-order valence-electron chi connectivity index (χ3n) is 2.32. The lowest BCUT2D eigenvalue weighted by Gasteiger charge is -2.05. The lowest BCUT2D eigenvalue weighted by molar-refractivity contribution is 0.762. The Morgan fingerprint density at radius 3 is 2.94 bits per heavy atom. The second-order valence-corrected chi connectivity index (χ2v) is 4.17. The van der Waals surface area contributed by atoms with Gasteiger partial charge in [-0.05, 0) is 29.8 Å². The highest BCUT2D eigenvalue weighted by molar-refractivity contribution is 9.10. The summed E-state index contributed by atoms with van der Waals surface area (Å²) >= 11 is 3.18. The highest BCUT2D eigenvalue weighted by Crippen LogP contribution is 2.15. The summed E-state index contributed by atoms with van der Waals surface area (Å²) < 4.78 is 2.39. The summed E-state index contributed by atoms with van der Waals surface area (Å²) in [7, 11) is 0. The van der Waals surface area contributed by atoms with E-state index in [9.17, 15) is 4.79 Å². The molecule has 0 aliphatic carbocycles. The van der Waals surface area contributed by atoms with E-state index < -0.39 is 0 Å². The highest BCUT2D eigenvalue weighted by Gasteiger charge is 2.10. The number of nitrogens with one attached hydrogen (secondary N) is 1. The largest absolute Gasteiger partial charge is 0.328 e. The van der Waals surface area contributed by atoms with Gasteiger partial charge in [-0.25, -0.2) is 9.97 Å². The number of rotatable bonds is 2. The third kappa shape index (κ3) is 1.80. The number of nitrogens with zero attached hydrogens (tertiary/aromatic N) is 3. The van der Waals surface area contributed by atoms with E-state index in [1.54, 1.807) is 19.4 Å². The predicted molar refractivity (Wildman–Crippen MR) is 64.2 cm³/mol. The Labute approximate surface area is 101 Å². The van der Waals surface area contributed by atoms with E-state index in [2.05, 4.69) is 30.9 Å². The lowest BCUT2D eigenvalue weighted by atomic mass is 10.3. The lowest BCUT2D eigenvalue weighted by Crippen LogP contribution is -2.13. The van der Waals surface area contributed by atoms with Gasteiger partial charge in [0, 0.05) is 6.54 Å². The molecule has 0 saturated heterocycles. The first kappa shape index (κ1) is 11.1. The molecule has 16 heavy (non-hydrogen) atoms. The maximum atomic E-state index is 11.6. The molecule has 5 nitrogen and oxygen atoms in total. The molecule has 0 fully saturated rings. The molecule has 2 heterocycles. The van der Waals surface area contributed by atoms with Gasteiger partial charge in [0.05, 0.1) is 18.2 Å². The van der Waals surface area contributed by atoms with Crippen LogP contribution in [0.4, 0.5) is 0 Å². The van der Waals surface area contributed by atoms with Crippen molar-refractivity contribution in [3.63, 3.8) is 0 Å². The summed E-state index contributed by atoms with van der Waals surface area (Å²) in [6, 6.07) is 0. The zero-order chi connectivity index (χ0) is 11.7. The average Bonchev–Trinajstić information content (AvgIpc) is 2.73. The predicted octanol–water partition coefficient (Wildman–Crippen LogP) is 1.72. The van der Waals surface area contributed by atoms with E-state index in [0.29, 0.717) is 16.0 Å². The zero-order valence-corrected chi connectivity index (χ0v) is 10.6. The van der Waals surface area contributed by atoms with Crippen LogP contribution in [0.1, 0.15) is 12.6 Å². The first-order valence-corrected chi connectivity index (χ1v) is 5.69. The molecule has 1 N–H and O–H groups in total. The molecule has 0 atom stereocenters. The molecule has 0 aliphatic rings. The molecule has 84 valence electrons.